The second-order valence-electron chi connectivity index (χ2n) is 4.17. The smallest absolute Gasteiger partial charge is 0.142 e. The lowest BCUT2D eigenvalue weighted by Gasteiger charge is -2.20. The SMILES string of the molecule is COc1cccnc1C(NN)c1cccc(C)c1Br. The minimum absolute atomic E-state index is 0.231. The van der Waals surface area contributed by atoms with Gasteiger partial charge in [-0.1, -0.05) is 34.1 Å². The van der Waals surface area contributed by atoms with Gasteiger partial charge in [0.1, 0.15) is 11.4 Å². The number of ether oxygens (including phenoxy) is 1. The molecule has 1 unspecified atom stereocenters. The molecule has 1 aromatic heterocycles. The van der Waals surface area contributed by atoms with Crippen molar-refractivity contribution >= 4 is 15.9 Å². The summed E-state index contributed by atoms with van der Waals surface area (Å²) in [4.78, 5) is 4.38. The number of pyridine rings is 1. The van der Waals surface area contributed by atoms with E-state index < -0.39 is 0 Å². The highest BCUT2D eigenvalue weighted by Gasteiger charge is 2.20. The molecule has 100 valence electrons. The van der Waals surface area contributed by atoms with E-state index in [0.29, 0.717) is 5.75 Å². The molecule has 0 radical (unpaired) electrons. The van der Waals surface area contributed by atoms with Gasteiger partial charge in [-0.2, -0.15) is 0 Å². The van der Waals surface area contributed by atoms with Gasteiger partial charge < -0.3 is 4.74 Å². The van der Waals surface area contributed by atoms with Gasteiger partial charge in [0.15, 0.2) is 0 Å². The maximum atomic E-state index is 5.71. The highest BCUT2D eigenvalue weighted by atomic mass is 79.9. The molecule has 4 nitrogen and oxygen atoms in total. The molecule has 1 atom stereocenters. The molecule has 2 aromatic rings. The summed E-state index contributed by atoms with van der Waals surface area (Å²) >= 11 is 3.60. The number of hydrogen-bond donors (Lipinski definition) is 2. The van der Waals surface area contributed by atoms with Crippen LogP contribution in [0.2, 0.25) is 0 Å². The number of nitrogens with one attached hydrogen (secondary N) is 1. The molecule has 0 saturated heterocycles. The van der Waals surface area contributed by atoms with Crippen molar-refractivity contribution in [2.45, 2.75) is 13.0 Å². The van der Waals surface area contributed by atoms with Crippen LogP contribution >= 0.6 is 15.9 Å². The van der Waals surface area contributed by atoms with Gasteiger partial charge in [-0.3, -0.25) is 10.8 Å². The van der Waals surface area contributed by atoms with Crippen molar-refractivity contribution in [3.05, 3.63) is 57.8 Å². The van der Waals surface area contributed by atoms with Crippen LogP contribution in [-0.2, 0) is 0 Å². The summed E-state index contributed by atoms with van der Waals surface area (Å²) < 4.78 is 6.37. The lowest BCUT2D eigenvalue weighted by Crippen LogP contribution is -2.30. The van der Waals surface area contributed by atoms with Gasteiger partial charge in [0.2, 0.25) is 0 Å². The number of aromatic nitrogens is 1. The molecular formula is C14H16BrN3O. The Kier molecular flexibility index (Phi) is 4.52. The van der Waals surface area contributed by atoms with Crippen LogP contribution < -0.4 is 16.0 Å². The van der Waals surface area contributed by atoms with E-state index >= 15 is 0 Å². The van der Waals surface area contributed by atoms with Crippen LogP contribution in [-0.4, -0.2) is 12.1 Å². The van der Waals surface area contributed by atoms with E-state index in [9.17, 15) is 0 Å². The zero-order valence-electron chi connectivity index (χ0n) is 10.9. The molecule has 0 bridgehead atoms. The predicted octanol–water partition coefficient (Wildman–Crippen LogP) is 2.71. The van der Waals surface area contributed by atoms with Crippen LogP contribution in [0.1, 0.15) is 22.9 Å². The topological polar surface area (TPSA) is 60.2 Å². The van der Waals surface area contributed by atoms with E-state index in [1.54, 1.807) is 13.3 Å². The number of hydrazine groups is 1. The van der Waals surface area contributed by atoms with Crippen LogP contribution in [0.15, 0.2) is 41.0 Å². The second-order valence-corrected chi connectivity index (χ2v) is 4.96. The number of halogens is 1. The Morgan fingerprint density at radius 1 is 1.32 bits per heavy atom. The van der Waals surface area contributed by atoms with Gasteiger partial charge in [0.05, 0.1) is 13.2 Å². The largest absolute Gasteiger partial charge is 0.495 e. The Bertz CT molecular complexity index is 574. The predicted molar refractivity (Wildman–Crippen MR) is 78.8 cm³/mol. The van der Waals surface area contributed by atoms with Crippen LogP contribution in [0.3, 0.4) is 0 Å². The molecule has 0 aliphatic heterocycles. The molecule has 1 aromatic carbocycles. The standard InChI is InChI=1S/C14H16BrN3O/c1-9-5-3-6-10(12(9)15)13(18-16)14-11(19-2)7-4-8-17-14/h3-8,13,18H,16H2,1-2H3. The summed E-state index contributed by atoms with van der Waals surface area (Å²) in [5.74, 6) is 6.42. The van der Waals surface area contributed by atoms with Gasteiger partial charge >= 0.3 is 0 Å². The van der Waals surface area contributed by atoms with E-state index in [2.05, 4.69) is 26.3 Å². The molecule has 5 heteroatoms. The maximum absolute atomic E-state index is 5.71. The fraction of sp³-hybridized carbons (Fsp3) is 0.214. The van der Waals surface area contributed by atoms with Crippen molar-refractivity contribution < 1.29 is 4.74 Å². The third-order valence-corrected chi connectivity index (χ3v) is 4.08. The highest BCUT2D eigenvalue weighted by molar-refractivity contribution is 9.10. The van der Waals surface area contributed by atoms with Crippen LogP contribution in [0.25, 0.3) is 0 Å². The molecule has 2 rings (SSSR count). The number of nitrogens with two attached hydrogens (primary N) is 1. The zero-order chi connectivity index (χ0) is 13.8. The third kappa shape index (κ3) is 2.78. The fourth-order valence-electron chi connectivity index (χ4n) is 2.00. The number of rotatable bonds is 4. The van der Waals surface area contributed by atoms with Gasteiger partial charge in [0, 0.05) is 10.7 Å². The molecular weight excluding hydrogens is 306 g/mol. The first-order valence-corrected chi connectivity index (χ1v) is 6.68. The Labute approximate surface area is 121 Å². The van der Waals surface area contributed by atoms with Gasteiger partial charge in [-0.05, 0) is 30.2 Å². The van der Waals surface area contributed by atoms with Crippen molar-refractivity contribution in [2.24, 2.45) is 5.84 Å². The van der Waals surface area contributed by atoms with Crippen molar-refractivity contribution in [3.63, 3.8) is 0 Å². The first kappa shape index (κ1) is 14.0. The summed E-state index contributed by atoms with van der Waals surface area (Å²) in [6.07, 6.45) is 1.73. The summed E-state index contributed by atoms with van der Waals surface area (Å²) in [7, 11) is 1.62. The van der Waals surface area contributed by atoms with Crippen molar-refractivity contribution in [1.82, 2.24) is 10.4 Å². The lowest BCUT2D eigenvalue weighted by molar-refractivity contribution is 0.400. The van der Waals surface area contributed by atoms with Crippen molar-refractivity contribution in [1.29, 1.82) is 0 Å². The summed E-state index contributed by atoms with van der Waals surface area (Å²) in [5, 5.41) is 0. The van der Waals surface area contributed by atoms with Crippen molar-refractivity contribution in [2.75, 3.05) is 7.11 Å². The first-order chi connectivity index (χ1) is 9.19. The van der Waals surface area contributed by atoms with E-state index in [1.807, 2.05) is 37.3 Å². The normalized spacial score (nSPS) is 12.2. The lowest BCUT2D eigenvalue weighted by atomic mass is 10.0. The number of hydrogen-bond acceptors (Lipinski definition) is 4. The van der Waals surface area contributed by atoms with Crippen LogP contribution in [0, 0.1) is 6.92 Å². The van der Waals surface area contributed by atoms with Crippen LogP contribution in [0.5, 0.6) is 5.75 Å². The number of benzene rings is 1. The van der Waals surface area contributed by atoms with Gasteiger partial charge in [0.25, 0.3) is 0 Å². The molecule has 0 aliphatic rings. The van der Waals surface area contributed by atoms with E-state index in [-0.39, 0.29) is 6.04 Å². The molecule has 0 saturated carbocycles. The summed E-state index contributed by atoms with van der Waals surface area (Å²) in [6.45, 7) is 2.04. The van der Waals surface area contributed by atoms with E-state index in [1.165, 1.54) is 0 Å². The highest BCUT2D eigenvalue weighted by Crippen LogP contribution is 2.33. The second kappa shape index (κ2) is 6.14. The average Bonchev–Trinajstić information content (AvgIpc) is 2.45. The van der Waals surface area contributed by atoms with Gasteiger partial charge in [-0.15, -0.1) is 0 Å². The minimum Gasteiger partial charge on any atom is -0.495 e. The third-order valence-electron chi connectivity index (χ3n) is 2.99. The number of nitrogens with zero attached hydrogens (tertiary/aromatic N) is 1. The Morgan fingerprint density at radius 2 is 2.11 bits per heavy atom. The minimum atomic E-state index is -0.231. The van der Waals surface area contributed by atoms with Gasteiger partial charge in [-0.25, -0.2) is 5.43 Å². The van der Waals surface area contributed by atoms with E-state index in [4.69, 9.17) is 10.6 Å². The molecule has 0 spiro atoms. The average molecular weight is 322 g/mol. The summed E-state index contributed by atoms with van der Waals surface area (Å²) in [6, 6.07) is 9.52. The monoisotopic (exact) mass is 321 g/mol. The van der Waals surface area contributed by atoms with E-state index in [0.717, 1.165) is 21.3 Å². The molecule has 3 N–H and O–H groups in total. The maximum Gasteiger partial charge on any atom is 0.142 e. The number of methoxy groups -OCH3 is 1. The molecule has 0 aliphatic carbocycles. The van der Waals surface area contributed by atoms with Crippen molar-refractivity contribution in [3.8, 4) is 5.75 Å². The fourth-order valence-corrected chi connectivity index (χ4v) is 2.49. The Balaban J connectivity index is 2.53. The zero-order valence-corrected chi connectivity index (χ0v) is 12.4. The number of aryl methyl sites for hydroxylation is 1. The van der Waals surface area contributed by atoms with Crippen LogP contribution in [0.4, 0.5) is 0 Å². The molecule has 19 heavy (non-hydrogen) atoms. The molecule has 1 heterocycles. The quantitative estimate of drug-likeness (QED) is 0.671. The summed E-state index contributed by atoms with van der Waals surface area (Å²) in [5.41, 5.74) is 5.74. The molecule has 0 amide bonds. The Hall–Kier alpha value is -1.43. The Morgan fingerprint density at radius 3 is 2.79 bits per heavy atom. The molecule has 0 fully saturated rings. The first-order valence-electron chi connectivity index (χ1n) is 5.89.